The SMILES string of the molecule is CN1C=C(CC(C(=O)O)N2C(=O)CC(C)(C)CC2=O)NS1. The molecule has 21 heavy (non-hydrogen) atoms. The van der Waals surface area contributed by atoms with Gasteiger partial charge >= 0.3 is 5.97 Å². The van der Waals surface area contributed by atoms with Crippen LogP contribution in [0.25, 0.3) is 0 Å². The molecule has 1 fully saturated rings. The quantitative estimate of drug-likeness (QED) is 0.590. The predicted octanol–water partition coefficient (Wildman–Crippen LogP) is 0.944. The molecule has 0 aliphatic carbocycles. The Labute approximate surface area is 127 Å². The largest absolute Gasteiger partial charge is 0.480 e. The van der Waals surface area contributed by atoms with Gasteiger partial charge in [0.15, 0.2) is 0 Å². The molecule has 1 atom stereocenters. The second-order valence-electron chi connectivity index (χ2n) is 6.13. The van der Waals surface area contributed by atoms with E-state index in [9.17, 15) is 19.5 Å². The monoisotopic (exact) mass is 313 g/mol. The number of carbonyl (C=O) groups excluding carboxylic acids is 2. The maximum absolute atomic E-state index is 12.2. The summed E-state index contributed by atoms with van der Waals surface area (Å²) < 4.78 is 4.76. The van der Waals surface area contributed by atoms with E-state index in [1.165, 1.54) is 12.1 Å². The zero-order valence-electron chi connectivity index (χ0n) is 12.3. The Hall–Kier alpha value is -1.70. The molecule has 1 saturated heterocycles. The van der Waals surface area contributed by atoms with Crippen LogP contribution in [-0.2, 0) is 14.4 Å². The van der Waals surface area contributed by atoms with Crippen LogP contribution in [-0.4, -0.2) is 45.2 Å². The summed E-state index contributed by atoms with van der Waals surface area (Å²) in [6.45, 7) is 3.67. The lowest BCUT2D eigenvalue weighted by atomic mass is 9.81. The van der Waals surface area contributed by atoms with Crippen molar-refractivity contribution in [2.45, 2.75) is 39.2 Å². The number of aliphatic carboxylic acids is 1. The number of carboxylic acid groups (broad SMARTS) is 1. The number of carbonyl (C=O) groups is 3. The first-order chi connectivity index (χ1) is 9.69. The van der Waals surface area contributed by atoms with Gasteiger partial charge in [0.25, 0.3) is 0 Å². The van der Waals surface area contributed by atoms with E-state index < -0.39 is 29.2 Å². The van der Waals surface area contributed by atoms with E-state index in [0.29, 0.717) is 5.70 Å². The van der Waals surface area contributed by atoms with Crippen LogP contribution in [0.1, 0.15) is 33.1 Å². The Morgan fingerprint density at radius 2 is 2.00 bits per heavy atom. The minimum Gasteiger partial charge on any atom is -0.480 e. The van der Waals surface area contributed by atoms with Crippen molar-refractivity contribution >= 4 is 29.9 Å². The summed E-state index contributed by atoms with van der Waals surface area (Å²) in [6.07, 6.45) is 2.21. The van der Waals surface area contributed by atoms with Gasteiger partial charge in [-0.05, 0) is 5.41 Å². The van der Waals surface area contributed by atoms with Crippen molar-refractivity contribution in [3.63, 3.8) is 0 Å². The normalized spacial score (nSPS) is 22.9. The first kappa shape index (κ1) is 15.7. The number of nitrogens with one attached hydrogen (secondary N) is 1. The minimum atomic E-state index is -1.17. The van der Waals surface area contributed by atoms with E-state index in [4.69, 9.17) is 0 Å². The van der Waals surface area contributed by atoms with Crippen LogP contribution < -0.4 is 4.72 Å². The van der Waals surface area contributed by atoms with Crippen LogP contribution in [0.15, 0.2) is 11.9 Å². The Morgan fingerprint density at radius 3 is 2.43 bits per heavy atom. The highest BCUT2D eigenvalue weighted by Crippen LogP contribution is 2.33. The van der Waals surface area contributed by atoms with Crippen molar-refractivity contribution < 1.29 is 19.5 Å². The van der Waals surface area contributed by atoms with Gasteiger partial charge in [-0.15, -0.1) is 0 Å². The molecule has 0 aromatic heterocycles. The molecule has 116 valence electrons. The number of piperidine rings is 1. The van der Waals surface area contributed by atoms with E-state index >= 15 is 0 Å². The third kappa shape index (κ3) is 3.49. The van der Waals surface area contributed by atoms with Gasteiger partial charge in [-0.2, -0.15) is 0 Å². The average molecular weight is 313 g/mol. The Morgan fingerprint density at radius 1 is 1.43 bits per heavy atom. The van der Waals surface area contributed by atoms with Gasteiger partial charge in [0.1, 0.15) is 6.04 Å². The fourth-order valence-electron chi connectivity index (χ4n) is 2.53. The van der Waals surface area contributed by atoms with Crippen molar-refractivity contribution in [1.82, 2.24) is 13.9 Å². The molecule has 0 radical (unpaired) electrons. The summed E-state index contributed by atoms with van der Waals surface area (Å²) >= 11 is 1.32. The van der Waals surface area contributed by atoms with Crippen LogP contribution in [0, 0.1) is 5.41 Å². The number of imide groups is 1. The highest BCUT2D eigenvalue weighted by molar-refractivity contribution is 7.95. The molecule has 0 aromatic rings. The smallest absolute Gasteiger partial charge is 0.327 e. The number of carboxylic acids is 1. The molecular formula is C13H19N3O4S. The predicted molar refractivity (Wildman–Crippen MR) is 77.5 cm³/mol. The first-order valence-corrected chi connectivity index (χ1v) is 7.41. The van der Waals surface area contributed by atoms with Crippen molar-refractivity contribution in [1.29, 1.82) is 0 Å². The molecule has 0 aromatic carbocycles. The highest BCUT2D eigenvalue weighted by Gasteiger charge is 2.43. The molecule has 1 unspecified atom stereocenters. The lowest BCUT2D eigenvalue weighted by Crippen LogP contribution is -2.54. The van der Waals surface area contributed by atoms with Gasteiger partial charge in [0.05, 0.1) is 12.1 Å². The molecule has 2 aliphatic heterocycles. The van der Waals surface area contributed by atoms with Gasteiger partial charge in [-0.1, -0.05) is 13.8 Å². The van der Waals surface area contributed by atoms with Gasteiger partial charge in [-0.3, -0.25) is 14.5 Å². The molecule has 2 rings (SSSR count). The highest BCUT2D eigenvalue weighted by atomic mass is 32.2. The summed E-state index contributed by atoms with van der Waals surface area (Å²) in [7, 11) is 1.82. The topological polar surface area (TPSA) is 90.0 Å². The van der Waals surface area contributed by atoms with Crippen LogP contribution >= 0.6 is 12.1 Å². The lowest BCUT2D eigenvalue weighted by Gasteiger charge is -2.37. The number of nitrogens with zero attached hydrogens (tertiary/aromatic N) is 2. The van der Waals surface area contributed by atoms with Crippen LogP contribution in [0.5, 0.6) is 0 Å². The maximum atomic E-state index is 12.2. The molecule has 0 saturated carbocycles. The molecule has 0 spiro atoms. The van der Waals surface area contributed by atoms with Crippen LogP contribution in [0.3, 0.4) is 0 Å². The molecule has 2 aliphatic rings. The Balaban J connectivity index is 2.18. The number of hydrogen-bond donors (Lipinski definition) is 2. The summed E-state index contributed by atoms with van der Waals surface area (Å²) in [5.41, 5.74) is 0.273. The molecule has 2 amide bonds. The molecule has 2 N–H and O–H groups in total. The van der Waals surface area contributed by atoms with E-state index in [2.05, 4.69) is 4.72 Å². The van der Waals surface area contributed by atoms with Gasteiger partial charge in [0, 0.05) is 38.2 Å². The molecular weight excluding hydrogens is 294 g/mol. The molecule has 2 heterocycles. The second-order valence-corrected chi connectivity index (χ2v) is 7.09. The Bertz CT molecular complexity index is 498. The summed E-state index contributed by atoms with van der Waals surface area (Å²) in [5.74, 6) is -2.00. The van der Waals surface area contributed by atoms with E-state index in [1.54, 1.807) is 10.5 Å². The van der Waals surface area contributed by atoms with Gasteiger partial charge in [0.2, 0.25) is 11.8 Å². The van der Waals surface area contributed by atoms with Crippen LogP contribution in [0.4, 0.5) is 0 Å². The lowest BCUT2D eigenvalue weighted by molar-refractivity contribution is -0.163. The van der Waals surface area contributed by atoms with Crippen molar-refractivity contribution in [3.8, 4) is 0 Å². The average Bonchev–Trinajstić information content (AvgIpc) is 2.70. The fourth-order valence-corrected chi connectivity index (χ4v) is 3.11. The molecule has 7 nitrogen and oxygen atoms in total. The maximum Gasteiger partial charge on any atom is 0.327 e. The van der Waals surface area contributed by atoms with E-state index in [1.807, 2.05) is 20.9 Å². The van der Waals surface area contributed by atoms with E-state index in [0.717, 1.165) is 4.90 Å². The van der Waals surface area contributed by atoms with Crippen LogP contribution in [0.2, 0.25) is 0 Å². The minimum absolute atomic E-state index is 0.0879. The van der Waals surface area contributed by atoms with Crippen molar-refractivity contribution in [2.24, 2.45) is 5.41 Å². The molecule has 8 heteroatoms. The standard InChI is InChI=1S/C13H19N3O4S/c1-13(2)5-10(17)16(11(18)6-13)9(12(19)20)4-8-7-15(3)21-14-8/h7,9,14H,4-6H2,1-3H3,(H,19,20). The summed E-state index contributed by atoms with van der Waals surface area (Å²) in [6, 6.07) is -1.16. The fraction of sp³-hybridized carbons (Fsp3) is 0.615. The van der Waals surface area contributed by atoms with E-state index in [-0.39, 0.29) is 19.3 Å². The number of likely N-dealkylation sites (tertiary alicyclic amines) is 1. The van der Waals surface area contributed by atoms with Crippen molar-refractivity contribution in [2.75, 3.05) is 7.05 Å². The second kappa shape index (κ2) is 5.59. The number of amides is 2. The zero-order chi connectivity index (χ0) is 15.8. The first-order valence-electron chi connectivity index (χ1n) is 6.64. The van der Waals surface area contributed by atoms with Crippen molar-refractivity contribution in [3.05, 3.63) is 11.9 Å². The number of rotatable bonds is 4. The number of hydrogen-bond acceptors (Lipinski definition) is 6. The molecule has 0 bridgehead atoms. The summed E-state index contributed by atoms with van der Waals surface area (Å²) in [4.78, 5) is 36.8. The zero-order valence-corrected chi connectivity index (χ0v) is 13.1. The third-order valence-electron chi connectivity index (χ3n) is 3.47. The Kier molecular flexibility index (Phi) is 4.18. The van der Waals surface area contributed by atoms with Gasteiger partial charge in [-0.25, -0.2) is 4.79 Å². The third-order valence-corrected chi connectivity index (χ3v) is 4.21. The summed E-state index contributed by atoms with van der Waals surface area (Å²) in [5, 5.41) is 9.40. The van der Waals surface area contributed by atoms with Gasteiger partial charge < -0.3 is 14.1 Å².